The van der Waals surface area contributed by atoms with Crippen LogP contribution in [0.1, 0.15) is 48.3 Å². The summed E-state index contributed by atoms with van der Waals surface area (Å²) in [5, 5.41) is 3.44. The minimum Gasteiger partial charge on any atom is -0.497 e. The number of carbonyl (C=O) groups is 2. The van der Waals surface area contributed by atoms with Crippen LogP contribution in [0.3, 0.4) is 0 Å². The number of anilines is 1. The fourth-order valence-corrected chi connectivity index (χ4v) is 5.70. The second kappa shape index (κ2) is 11.8. The van der Waals surface area contributed by atoms with Crippen molar-refractivity contribution in [3.63, 3.8) is 0 Å². The van der Waals surface area contributed by atoms with Crippen LogP contribution in [0.15, 0.2) is 101 Å². The standard InChI is InChI=1S/C34H36N2O4/c1-22-31(34(38)40-19-18-23-8-6-5-7-9-23)32(25-10-14-27(15-11-25)36(2)3)33-29(35-22)20-26(21-30(33)37)24-12-16-28(39-4)17-13-24/h5-17,26,32,35H,18-21H2,1-4H3/t26-,32-/m0/s1. The van der Waals surface area contributed by atoms with Crippen LogP contribution in [0.25, 0.3) is 0 Å². The van der Waals surface area contributed by atoms with Crippen molar-refractivity contribution in [1.82, 2.24) is 5.32 Å². The molecule has 0 saturated heterocycles. The van der Waals surface area contributed by atoms with Crippen molar-refractivity contribution in [2.75, 3.05) is 32.7 Å². The molecule has 2 atom stereocenters. The van der Waals surface area contributed by atoms with Crippen LogP contribution in [0.2, 0.25) is 0 Å². The maximum absolute atomic E-state index is 13.9. The molecule has 1 aliphatic carbocycles. The minimum absolute atomic E-state index is 0.0496. The zero-order chi connectivity index (χ0) is 28.2. The Hall–Kier alpha value is -4.32. The van der Waals surface area contributed by atoms with Gasteiger partial charge in [-0.1, -0.05) is 54.6 Å². The maximum Gasteiger partial charge on any atom is 0.336 e. The van der Waals surface area contributed by atoms with Gasteiger partial charge in [0.2, 0.25) is 0 Å². The molecule has 5 rings (SSSR count). The first-order valence-corrected chi connectivity index (χ1v) is 13.7. The van der Waals surface area contributed by atoms with Crippen LogP contribution in [0.5, 0.6) is 5.75 Å². The molecule has 1 aliphatic heterocycles. The topological polar surface area (TPSA) is 67.9 Å². The van der Waals surface area contributed by atoms with E-state index in [1.165, 1.54) is 0 Å². The molecular formula is C34H36N2O4. The Morgan fingerprint density at radius 3 is 2.25 bits per heavy atom. The highest BCUT2D eigenvalue weighted by atomic mass is 16.5. The Bertz CT molecular complexity index is 1440. The first-order valence-electron chi connectivity index (χ1n) is 13.7. The Labute approximate surface area is 236 Å². The summed E-state index contributed by atoms with van der Waals surface area (Å²) in [5.74, 6) is 0.0178. The third kappa shape index (κ3) is 5.67. The van der Waals surface area contributed by atoms with E-state index in [-0.39, 0.29) is 24.3 Å². The number of ketones is 1. The van der Waals surface area contributed by atoms with Crippen LogP contribution in [-0.2, 0) is 20.7 Å². The lowest BCUT2D eigenvalue weighted by Crippen LogP contribution is -2.36. The van der Waals surface area contributed by atoms with E-state index in [4.69, 9.17) is 9.47 Å². The van der Waals surface area contributed by atoms with Crippen molar-refractivity contribution in [3.8, 4) is 5.75 Å². The monoisotopic (exact) mass is 536 g/mol. The molecule has 0 fully saturated rings. The van der Waals surface area contributed by atoms with Crippen molar-refractivity contribution in [3.05, 3.63) is 118 Å². The Morgan fingerprint density at radius 1 is 0.925 bits per heavy atom. The van der Waals surface area contributed by atoms with E-state index in [9.17, 15) is 9.59 Å². The lowest BCUT2D eigenvalue weighted by atomic mass is 9.71. The number of rotatable bonds is 8. The van der Waals surface area contributed by atoms with Gasteiger partial charge in [-0.2, -0.15) is 0 Å². The summed E-state index contributed by atoms with van der Waals surface area (Å²) in [6.07, 6.45) is 1.70. The van der Waals surface area contributed by atoms with Gasteiger partial charge in [0.1, 0.15) is 5.75 Å². The summed E-state index contributed by atoms with van der Waals surface area (Å²) >= 11 is 0. The summed E-state index contributed by atoms with van der Waals surface area (Å²) in [6.45, 7) is 2.17. The van der Waals surface area contributed by atoms with Gasteiger partial charge in [-0.3, -0.25) is 4.79 Å². The van der Waals surface area contributed by atoms with Crippen LogP contribution >= 0.6 is 0 Å². The molecule has 40 heavy (non-hydrogen) atoms. The number of ether oxygens (including phenoxy) is 2. The second-order valence-corrected chi connectivity index (χ2v) is 10.6. The smallest absolute Gasteiger partial charge is 0.336 e. The molecule has 0 saturated carbocycles. The van der Waals surface area contributed by atoms with Gasteiger partial charge in [0.05, 0.1) is 19.3 Å². The van der Waals surface area contributed by atoms with E-state index in [2.05, 4.69) is 5.32 Å². The largest absolute Gasteiger partial charge is 0.497 e. The molecular weight excluding hydrogens is 500 g/mol. The molecule has 2 aliphatic rings. The molecule has 1 heterocycles. The predicted octanol–water partition coefficient (Wildman–Crippen LogP) is 5.91. The van der Waals surface area contributed by atoms with Crippen molar-refractivity contribution >= 4 is 17.4 Å². The summed E-state index contributed by atoms with van der Waals surface area (Å²) < 4.78 is 11.1. The van der Waals surface area contributed by atoms with E-state index >= 15 is 0 Å². The number of hydrogen-bond donors (Lipinski definition) is 1. The average molecular weight is 537 g/mol. The summed E-state index contributed by atoms with van der Waals surface area (Å²) in [7, 11) is 5.63. The van der Waals surface area contributed by atoms with Crippen molar-refractivity contribution in [2.24, 2.45) is 0 Å². The SMILES string of the molecule is COc1ccc([C@@H]2CC(=O)C3=C(C2)NC(C)=C(C(=O)OCCc2ccccc2)[C@@H]3c2ccc(N(C)C)cc2)cc1. The summed E-state index contributed by atoms with van der Waals surface area (Å²) in [5.41, 5.74) is 6.95. The highest BCUT2D eigenvalue weighted by molar-refractivity contribution is 6.04. The lowest BCUT2D eigenvalue weighted by Gasteiger charge is -2.37. The van der Waals surface area contributed by atoms with Crippen LogP contribution < -0.4 is 15.0 Å². The third-order valence-corrected chi connectivity index (χ3v) is 7.84. The fraction of sp³-hybridized carbons (Fsp3) is 0.294. The number of Topliss-reactive ketones (excluding diaryl/α,β-unsaturated/α-hetero) is 1. The molecule has 1 N–H and O–H groups in total. The molecule has 6 nitrogen and oxygen atoms in total. The number of nitrogens with one attached hydrogen (secondary N) is 1. The van der Waals surface area contributed by atoms with E-state index in [0.717, 1.165) is 39.5 Å². The summed E-state index contributed by atoms with van der Waals surface area (Å²) in [6, 6.07) is 26.0. The molecule has 206 valence electrons. The van der Waals surface area contributed by atoms with E-state index in [1.807, 2.05) is 105 Å². The molecule has 0 aromatic heterocycles. The highest BCUT2D eigenvalue weighted by Gasteiger charge is 2.41. The van der Waals surface area contributed by atoms with Gasteiger partial charge in [-0.25, -0.2) is 4.79 Å². The lowest BCUT2D eigenvalue weighted by molar-refractivity contribution is -0.139. The first-order chi connectivity index (χ1) is 19.4. The molecule has 0 bridgehead atoms. The second-order valence-electron chi connectivity index (χ2n) is 10.6. The Kier molecular flexibility index (Phi) is 8.06. The van der Waals surface area contributed by atoms with Gasteiger partial charge in [-0.05, 0) is 60.2 Å². The molecule has 3 aromatic rings. The number of nitrogens with zero attached hydrogens (tertiary/aromatic N) is 1. The predicted molar refractivity (Wildman–Crippen MR) is 157 cm³/mol. The zero-order valence-corrected chi connectivity index (χ0v) is 23.6. The van der Waals surface area contributed by atoms with Gasteiger partial charge < -0.3 is 19.7 Å². The van der Waals surface area contributed by atoms with Gasteiger partial charge in [0, 0.05) is 55.5 Å². The number of benzene rings is 3. The van der Waals surface area contributed by atoms with Gasteiger partial charge in [0.25, 0.3) is 0 Å². The molecule has 3 aromatic carbocycles. The van der Waals surface area contributed by atoms with Gasteiger partial charge in [-0.15, -0.1) is 0 Å². The van der Waals surface area contributed by atoms with E-state index < -0.39 is 5.92 Å². The fourth-order valence-electron chi connectivity index (χ4n) is 5.70. The Morgan fingerprint density at radius 2 is 1.60 bits per heavy atom. The van der Waals surface area contributed by atoms with Gasteiger partial charge in [0.15, 0.2) is 5.78 Å². The van der Waals surface area contributed by atoms with Gasteiger partial charge >= 0.3 is 5.97 Å². The van der Waals surface area contributed by atoms with E-state index in [0.29, 0.717) is 30.4 Å². The molecule has 0 unspecified atom stereocenters. The zero-order valence-electron chi connectivity index (χ0n) is 23.6. The van der Waals surface area contributed by atoms with E-state index in [1.54, 1.807) is 7.11 Å². The molecule has 0 spiro atoms. The third-order valence-electron chi connectivity index (χ3n) is 7.84. The van der Waals surface area contributed by atoms with Crippen molar-refractivity contribution in [2.45, 2.75) is 38.0 Å². The number of dihydropyridines is 1. The van der Waals surface area contributed by atoms with Crippen LogP contribution in [0.4, 0.5) is 5.69 Å². The average Bonchev–Trinajstić information content (AvgIpc) is 2.97. The summed E-state index contributed by atoms with van der Waals surface area (Å²) in [4.78, 5) is 29.5. The Balaban J connectivity index is 1.46. The molecule has 0 radical (unpaired) electrons. The number of allylic oxidation sites excluding steroid dienone is 3. The number of methoxy groups -OCH3 is 1. The quantitative estimate of drug-likeness (QED) is 0.361. The number of hydrogen-bond acceptors (Lipinski definition) is 6. The molecule has 6 heteroatoms. The normalized spacial score (nSPS) is 18.6. The van der Waals surface area contributed by atoms with Crippen molar-refractivity contribution < 1.29 is 19.1 Å². The van der Waals surface area contributed by atoms with Crippen LogP contribution in [-0.4, -0.2) is 39.6 Å². The maximum atomic E-state index is 13.9. The number of carbonyl (C=O) groups excluding carboxylic acids is 2. The highest BCUT2D eigenvalue weighted by Crippen LogP contribution is 2.46. The first kappa shape index (κ1) is 27.3. The van der Waals surface area contributed by atoms with Crippen LogP contribution in [0, 0.1) is 0 Å². The minimum atomic E-state index is -0.485. The number of esters is 1. The molecule has 0 amide bonds. The van der Waals surface area contributed by atoms with Crippen molar-refractivity contribution in [1.29, 1.82) is 0 Å².